The summed E-state index contributed by atoms with van der Waals surface area (Å²) in [6, 6.07) is 10.5. The van der Waals surface area contributed by atoms with Crippen molar-refractivity contribution in [2.75, 3.05) is 6.54 Å². The highest BCUT2D eigenvalue weighted by Crippen LogP contribution is 2.63. The second-order valence-corrected chi connectivity index (χ2v) is 7.84. The molecule has 2 aromatic rings. The molecule has 1 atom stereocenters. The van der Waals surface area contributed by atoms with Crippen molar-refractivity contribution in [3.63, 3.8) is 0 Å². The summed E-state index contributed by atoms with van der Waals surface area (Å²) < 4.78 is 5.36. The third-order valence-electron chi connectivity index (χ3n) is 5.96. The van der Waals surface area contributed by atoms with E-state index in [0.29, 0.717) is 12.3 Å². The molecule has 126 valence electrons. The molecule has 1 amide bonds. The van der Waals surface area contributed by atoms with Crippen molar-refractivity contribution >= 4 is 5.91 Å². The van der Waals surface area contributed by atoms with Crippen LogP contribution in [0.3, 0.4) is 0 Å². The van der Waals surface area contributed by atoms with Gasteiger partial charge in [-0.15, -0.1) is 0 Å². The van der Waals surface area contributed by atoms with E-state index in [2.05, 4.69) is 48.6 Å². The van der Waals surface area contributed by atoms with E-state index in [-0.39, 0.29) is 16.7 Å². The lowest BCUT2D eigenvalue weighted by Gasteiger charge is -2.21. The van der Waals surface area contributed by atoms with Crippen LogP contribution in [0.4, 0.5) is 0 Å². The Morgan fingerprint density at radius 1 is 1.21 bits per heavy atom. The van der Waals surface area contributed by atoms with E-state index in [0.717, 1.165) is 43.4 Å². The first-order valence-corrected chi connectivity index (χ1v) is 8.85. The van der Waals surface area contributed by atoms with Crippen molar-refractivity contribution < 1.29 is 9.32 Å². The molecule has 2 aliphatic carbocycles. The van der Waals surface area contributed by atoms with Crippen molar-refractivity contribution in [1.82, 2.24) is 10.5 Å². The molecule has 0 saturated heterocycles. The van der Waals surface area contributed by atoms with Gasteiger partial charge in [0, 0.05) is 17.5 Å². The Kier molecular flexibility index (Phi) is 3.52. The monoisotopic (exact) mass is 324 g/mol. The minimum Gasteiger partial charge on any atom is -0.350 e. The standard InChI is InChI=1S/C20H24N2O2/c1-19(2)12-20(19,14-8-4-3-5-9-14)13-21-18(23)17-15-10-6-7-11-16(15)22-24-17/h3-5,8-9H,6-7,10-13H2,1-2H3,(H,21,23). The molecule has 0 radical (unpaired) electrons. The molecule has 1 heterocycles. The van der Waals surface area contributed by atoms with Crippen LogP contribution in [-0.2, 0) is 18.3 Å². The molecule has 4 rings (SSSR count). The molecular formula is C20H24N2O2. The zero-order valence-electron chi connectivity index (χ0n) is 14.4. The molecule has 1 fully saturated rings. The van der Waals surface area contributed by atoms with E-state index in [4.69, 9.17) is 4.52 Å². The third kappa shape index (κ3) is 2.36. The molecule has 0 bridgehead atoms. The molecule has 1 aromatic carbocycles. The number of benzene rings is 1. The summed E-state index contributed by atoms with van der Waals surface area (Å²) in [6.07, 6.45) is 5.14. The number of aryl methyl sites for hydroxylation is 1. The summed E-state index contributed by atoms with van der Waals surface area (Å²) in [5.74, 6) is 0.301. The van der Waals surface area contributed by atoms with Crippen molar-refractivity contribution in [3.05, 3.63) is 52.9 Å². The smallest absolute Gasteiger partial charge is 0.290 e. The van der Waals surface area contributed by atoms with Gasteiger partial charge in [0.25, 0.3) is 5.91 Å². The fourth-order valence-corrected chi connectivity index (χ4v) is 4.24. The maximum atomic E-state index is 12.6. The molecule has 4 heteroatoms. The van der Waals surface area contributed by atoms with Gasteiger partial charge in [-0.3, -0.25) is 4.79 Å². The fraction of sp³-hybridized carbons (Fsp3) is 0.500. The van der Waals surface area contributed by atoms with Gasteiger partial charge in [0.05, 0.1) is 5.69 Å². The number of carbonyl (C=O) groups excluding carboxylic acids is 1. The van der Waals surface area contributed by atoms with Crippen LogP contribution in [0.2, 0.25) is 0 Å². The van der Waals surface area contributed by atoms with Gasteiger partial charge in [0.2, 0.25) is 5.76 Å². The lowest BCUT2D eigenvalue weighted by atomic mass is 9.87. The first-order chi connectivity index (χ1) is 11.5. The van der Waals surface area contributed by atoms with Crippen LogP contribution in [0.25, 0.3) is 0 Å². The lowest BCUT2D eigenvalue weighted by Crippen LogP contribution is -2.35. The van der Waals surface area contributed by atoms with Crippen molar-refractivity contribution in [3.8, 4) is 0 Å². The van der Waals surface area contributed by atoms with Gasteiger partial charge in [-0.1, -0.05) is 49.3 Å². The Morgan fingerprint density at radius 2 is 1.92 bits per heavy atom. The van der Waals surface area contributed by atoms with Crippen molar-refractivity contribution in [1.29, 1.82) is 0 Å². The highest BCUT2D eigenvalue weighted by Gasteiger charge is 2.61. The fourth-order valence-electron chi connectivity index (χ4n) is 4.24. The quantitative estimate of drug-likeness (QED) is 0.934. The van der Waals surface area contributed by atoms with Crippen LogP contribution in [-0.4, -0.2) is 17.6 Å². The van der Waals surface area contributed by atoms with Crippen LogP contribution in [0, 0.1) is 5.41 Å². The minimum absolute atomic E-state index is 0.0179. The molecule has 0 spiro atoms. The normalized spacial score (nSPS) is 24.2. The van der Waals surface area contributed by atoms with Crippen LogP contribution in [0.15, 0.2) is 34.9 Å². The van der Waals surface area contributed by atoms with Crippen molar-refractivity contribution in [2.45, 2.75) is 51.4 Å². The number of hydrogen-bond acceptors (Lipinski definition) is 3. The second-order valence-electron chi connectivity index (χ2n) is 7.84. The Balaban J connectivity index is 1.52. The zero-order chi connectivity index (χ0) is 16.8. The Hall–Kier alpha value is -2.10. The van der Waals surface area contributed by atoms with E-state index in [1.807, 2.05) is 6.07 Å². The van der Waals surface area contributed by atoms with E-state index in [9.17, 15) is 4.79 Å². The average molecular weight is 324 g/mol. The molecule has 24 heavy (non-hydrogen) atoms. The summed E-state index contributed by atoms with van der Waals surface area (Å²) in [6.45, 7) is 5.17. The van der Waals surface area contributed by atoms with Gasteiger partial charge in [0.1, 0.15) is 0 Å². The van der Waals surface area contributed by atoms with Gasteiger partial charge in [-0.2, -0.15) is 0 Å². The van der Waals surface area contributed by atoms with E-state index < -0.39 is 0 Å². The number of aromatic nitrogens is 1. The molecule has 0 aliphatic heterocycles. The maximum absolute atomic E-state index is 12.6. The summed E-state index contributed by atoms with van der Waals surface area (Å²) in [5.41, 5.74) is 3.50. The number of nitrogens with zero attached hydrogens (tertiary/aromatic N) is 1. The Labute approximate surface area is 142 Å². The number of rotatable bonds is 4. The number of nitrogens with one attached hydrogen (secondary N) is 1. The molecule has 1 unspecified atom stereocenters. The number of fused-ring (bicyclic) bond motifs is 1. The van der Waals surface area contributed by atoms with E-state index >= 15 is 0 Å². The number of amides is 1. The Morgan fingerprint density at radius 3 is 2.62 bits per heavy atom. The molecule has 1 N–H and O–H groups in total. The minimum atomic E-state index is -0.122. The number of hydrogen-bond donors (Lipinski definition) is 1. The first kappa shape index (κ1) is 15.4. The highest BCUT2D eigenvalue weighted by atomic mass is 16.5. The lowest BCUT2D eigenvalue weighted by molar-refractivity contribution is 0.0909. The molecule has 4 nitrogen and oxygen atoms in total. The van der Waals surface area contributed by atoms with Crippen LogP contribution in [0.1, 0.15) is 60.5 Å². The van der Waals surface area contributed by atoms with Crippen LogP contribution < -0.4 is 5.32 Å². The summed E-state index contributed by atoms with van der Waals surface area (Å²) in [5, 5.41) is 7.21. The average Bonchev–Trinajstić information content (AvgIpc) is 2.95. The topological polar surface area (TPSA) is 55.1 Å². The predicted octanol–water partition coefficient (Wildman–Crippen LogP) is 3.65. The van der Waals surface area contributed by atoms with Crippen molar-refractivity contribution in [2.24, 2.45) is 5.41 Å². The summed E-state index contributed by atoms with van der Waals surface area (Å²) >= 11 is 0. The first-order valence-electron chi connectivity index (χ1n) is 8.85. The summed E-state index contributed by atoms with van der Waals surface area (Å²) in [4.78, 5) is 12.6. The van der Waals surface area contributed by atoms with Gasteiger partial charge >= 0.3 is 0 Å². The van der Waals surface area contributed by atoms with Gasteiger partial charge in [0.15, 0.2) is 0 Å². The van der Waals surface area contributed by atoms with E-state index in [1.54, 1.807) is 0 Å². The molecular weight excluding hydrogens is 300 g/mol. The van der Waals surface area contributed by atoms with Gasteiger partial charge in [-0.25, -0.2) is 0 Å². The third-order valence-corrected chi connectivity index (χ3v) is 5.96. The van der Waals surface area contributed by atoms with E-state index in [1.165, 1.54) is 5.56 Å². The van der Waals surface area contributed by atoms with Crippen LogP contribution in [0.5, 0.6) is 0 Å². The van der Waals surface area contributed by atoms with Gasteiger partial charge < -0.3 is 9.84 Å². The predicted molar refractivity (Wildman–Crippen MR) is 92.0 cm³/mol. The SMILES string of the molecule is CC1(C)CC1(CNC(=O)c1onc2c1CCCC2)c1ccccc1. The largest absolute Gasteiger partial charge is 0.350 e. The molecule has 1 aromatic heterocycles. The van der Waals surface area contributed by atoms with Crippen LogP contribution >= 0.6 is 0 Å². The molecule has 2 aliphatic rings. The van der Waals surface area contributed by atoms with Gasteiger partial charge in [-0.05, 0) is 43.1 Å². The Bertz CT molecular complexity index is 763. The summed E-state index contributed by atoms with van der Waals surface area (Å²) in [7, 11) is 0. The number of carbonyl (C=O) groups is 1. The molecule has 1 saturated carbocycles. The second kappa shape index (κ2) is 5.47. The zero-order valence-corrected chi connectivity index (χ0v) is 14.4. The highest BCUT2D eigenvalue weighted by molar-refractivity contribution is 5.93. The maximum Gasteiger partial charge on any atom is 0.290 e.